The van der Waals surface area contributed by atoms with Crippen LogP contribution in [0.25, 0.3) is 0 Å². The second-order valence-electron chi connectivity index (χ2n) is 10.7. The molecule has 2 rings (SSSR count). The van der Waals surface area contributed by atoms with Crippen LogP contribution >= 0.6 is 0 Å². The Morgan fingerprint density at radius 3 is 1.53 bits per heavy atom. The first-order chi connectivity index (χ1) is 17.7. The van der Waals surface area contributed by atoms with Gasteiger partial charge in [-0.1, -0.05) is 140 Å². The Bertz CT molecular complexity index is 837. The van der Waals surface area contributed by atoms with Gasteiger partial charge in [-0.15, -0.1) is 0 Å². The molecule has 0 bridgehead atoms. The van der Waals surface area contributed by atoms with Crippen molar-refractivity contribution < 1.29 is 9.90 Å². The average molecular weight is 493 g/mol. The third kappa shape index (κ3) is 12.2. The number of rotatable bonds is 21. The molecule has 200 valence electrons. The maximum absolute atomic E-state index is 13.0. The molecule has 0 spiro atoms. The summed E-state index contributed by atoms with van der Waals surface area (Å²) in [4.78, 5) is 13.0. The van der Waals surface area contributed by atoms with Crippen LogP contribution in [0.4, 0.5) is 0 Å². The van der Waals surface area contributed by atoms with Gasteiger partial charge in [0, 0.05) is 5.56 Å². The van der Waals surface area contributed by atoms with E-state index >= 15 is 0 Å². The fourth-order valence-electron chi connectivity index (χ4n) is 5.00. The van der Waals surface area contributed by atoms with Crippen molar-refractivity contribution in [3.8, 4) is 5.75 Å². The summed E-state index contributed by atoms with van der Waals surface area (Å²) < 4.78 is 0. The Morgan fingerprint density at radius 1 is 0.556 bits per heavy atom. The Balaban J connectivity index is 1.63. The number of hydrogen-bond donors (Lipinski definition) is 1. The van der Waals surface area contributed by atoms with E-state index in [0.717, 1.165) is 24.8 Å². The lowest BCUT2D eigenvalue weighted by Crippen LogP contribution is -2.03. The summed E-state index contributed by atoms with van der Waals surface area (Å²) in [6.07, 6.45) is 24.7. The maximum Gasteiger partial charge on any atom is 0.196 e. The van der Waals surface area contributed by atoms with Crippen LogP contribution in [0.5, 0.6) is 5.75 Å². The topological polar surface area (TPSA) is 37.3 Å². The molecule has 0 unspecified atom stereocenters. The molecule has 0 amide bonds. The highest BCUT2D eigenvalue weighted by atomic mass is 16.3. The molecule has 0 fully saturated rings. The van der Waals surface area contributed by atoms with Gasteiger partial charge in [-0.3, -0.25) is 4.79 Å². The van der Waals surface area contributed by atoms with E-state index in [4.69, 9.17) is 0 Å². The van der Waals surface area contributed by atoms with Gasteiger partial charge in [0.15, 0.2) is 5.78 Å². The number of carbonyl (C=O) groups excluding carboxylic acids is 1. The van der Waals surface area contributed by atoms with Crippen LogP contribution in [-0.4, -0.2) is 10.9 Å². The van der Waals surface area contributed by atoms with E-state index in [-0.39, 0.29) is 11.5 Å². The SMILES string of the molecule is CCCCCCCCCCCCCCCCc1ccc(O)c(C(=O)c2ccc(CCCCC)cc2)c1. The molecule has 0 aliphatic rings. The monoisotopic (exact) mass is 492 g/mol. The van der Waals surface area contributed by atoms with Gasteiger partial charge >= 0.3 is 0 Å². The molecule has 2 nitrogen and oxygen atoms in total. The highest BCUT2D eigenvalue weighted by Gasteiger charge is 2.14. The summed E-state index contributed by atoms with van der Waals surface area (Å²) in [7, 11) is 0. The van der Waals surface area contributed by atoms with Crippen LogP contribution in [0.15, 0.2) is 42.5 Å². The summed E-state index contributed by atoms with van der Waals surface area (Å²) in [6, 6.07) is 13.5. The lowest BCUT2D eigenvalue weighted by Gasteiger charge is -2.09. The van der Waals surface area contributed by atoms with Gasteiger partial charge in [0.05, 0.1) is 5.56 Å². The molecule has 0 atom stereocenters. The van der Waals surface area contributed by atoms with E-state index in [1.54, 1.807) is 6.07 Å². The zero-order valence-corrected chi connectivity index (χ0v) is 23.3. The Labute approximate surface area is 221 Å². The molecule has 0 saturated heterocycles. The molecule has 0 aliphatic carbocycles. The molecule has 1 N–H and O–H groups in total. The Morgan fingerprint density at radius 2 is 0.972 bits per heavy atom. The minimum atomic E-state index is -0.0876. The molecular weight excluding hydrogens is 440 g/mol. The van der Waals surface area contributed by atoms with E-state index in [2.05, 4.69) is 26.0 Å². The van der Waals surface area contributed by atoms with Gasteiger partial charge < -0.3 is 5.11 Å². The number of aryl methyl sites for hydroxylation is 2. The lowest BCUT2D eigenvalue weighted by molar-refractivity contribution is 0.103. The normalized spacial score (nSPS) is 11.2. The summed E-state index contributed by atoms with van der Waals surface area (Å²) in [5, 5.41) is 10.3. The third-order valence-corrected chi connectivity index (χ3v) is 7.41. The number of unbranched alkanes of at least 4 members (excludes halogenated alkanes) is 15. The van der Waals surface area contributed by atoms with Gasteiger partial charge in [-0.25, -0.2) is 0 Å². The number of aromatic hydroxyl groups is 1. The first-order valence-electron chi connectivity index (χ1n) is 15.1. The Kier molecular flexibility index (Phi) is 16.0. The fraction of sp³-hybridized carbons (Fsp3) is 0.618. The van der Waals surface area contributed by atoms with Gasteiger partial charge in [-0.2, -0.15) is 0 Å². The largest absolute Gasteiger partial charge is 0.507 e. The summed E-state index contributed by atoms with van der Waals surface area (Å²) in [5.74, 6) is -0.00727. The van der Waals surface area contributed by atoms with E-state index in [0.29, 0.717) is 11.1 Å². The summed E-state index contributed by atoms with van der Waals surface area (Å²) in [6.45, 7) is 4.49. The quantitative estimate of drug-likeness (QED) is 0.139. The highest BCUT2D eigenvalue weighted by Crippen LogP contribution is 2.24. The number of hydrogen-bond acceptors (Lipinski definition) is 2. The van der Waals surface area contributed by atoms with Crippen LogP contribution in [0.2, 0.25) is 0 Å². The van der Waals surface area contributed by atoms with Crippen LogP contribution in [0, 0.1) is 0 Å². The molecule has 0 aromatic heterocycles. The van der Waals surface area contributed by atoms with Crippen LogP contribution in [0.1, 0.15) is 150 Å². The number of phenols is 1. The van der Waals surface area contributed by atoms with Gasteiger partial charge in [0.1, 0.15) is 5.75 Å². The van der Waals surface area contributed by atoms with Gasteiger partial charge in [0.25, 0.3) is 0 Å². The molecule has 2 aromatic carbocycles. The second-order valence-corrected chi connectivity index (χ2v) is 10.7. The van der Waals surface area contributed by atoms with Crippen molar-refractivity contribution in [2.45, 2.75) is 136 Å². The van der Waals surface area contributed by atoms with Crippen LogP contribution < -0.4 is 0 Å². The zero-order valence-electron chi connectivity index (χ0n) is 23.3. The Hall–Kier alpha value is -2.09. The standard InChI is InChI=1S/C34H52O2/c1-3-5-7-8-9-10-11-12-13-14-15-16-17-19-21-30-24-27-33(35)32(28-30)34(36)31-25-22-29(23-26-31)20-18-6-4-2/h22-28,35H,3-21H2,1-2H3. The first-order valence-corrected chi connectivity index (χ1v) is 15.1. The van der Waals surface area contributed by atoms with Crippen molar-refractivity contribution in [3.05, 3.63) is 64.7 Å². The van der Waals surface area contributed by atoms with Crippen molar-refractivity contribution in [3.63, 3.8) is 0 Å². The molecule has 2 heteroatoms. The second kappa shape index (κ2) is 19.1. The van der Waals surface area contributed by atoms with Crippen molar-refractivity contribution >= 4 is 5.78 Å². The summed E-state index contributed by atoms with van der Waals surface area (Å²) >= 11 is 0. The molecule has 0 saturated carbocycles. The fourth-order valence-corrected chi connectivity index (χ4v) is 5.00. The minimum absolute atomic E-state index is 0.0803. The molecule has 0 aliphatic heterocycles. The van der Waals surface area contributed by atoms with Crippen molar-refractivity contribution in [2.24, 2.45) is 0 Å². The van der Waals surface area contributed by atoms with E-state index in [1.807, 2.05) is 24.3 Å². The molecular formula is C34H52O2. The van der Waals surface area contributed by atoms with E-state index in [1.165, 1.54) is 108 Å². The highest BCUT2D eigenvalue weighted by molar-refractivity contribution is 6.10. The van der Waals surface area contributed by atoms with E-state index < -0.39 is 0 Å². The predicted octanol–water partition coefficient (Wildman–Crippen LogP) is 10.4. The van der Waals surface area contributed by atoms with Crippen LogP contribution in [-0.2, 0) is 12.8 Å². The van der Waals surface area contributed by atoms with Crippen molar-refractivity contribution in [1.29, 1.82) is 0 Å². The average Bonchev–Trinajstić information content (AvgIpc) is 2.90. The number of benzene rings is 2. The molecule has 2 aromatic rings. The number of carbonyl (C=O) groups is 1. The minimum Gasteiger partial charge on any atom is -0.507 e. The molecule has 36 heavy (non-hydrogen) atoms. The zero-order chi connectivity index (χ0) is 25.8. The number of ketones is 1. The maximum atomic E-state index is 13.0. The third-order valence-electron chi connectivity index (χ3n) is 7.41. The lowest BCUT2D eigenvalue weighted by atomic mass is 9.96. The van der Waals surface area contributed by atoms with Gasteiger partial charge in [0.2, 0.25) is 0 Å². The van der Waals surface area contributed by atoms with Crippen LogP contribution in [0.3, 0.4) is 0 Å². The summed E-state index contributed by atoms with van der Waals surface area (Å²) in [5.41, 5.74) is 3.50. The first kappa shape index (κ1) is 30.1. The van der Waals surface area contributed by atoms with Crippen molar-refractivity contribution in [2.75, 3.05) is 0 Å². The van der Waals surface area contributed by atoms with Crippen molar-refractivity contribution in [1.82, 2.24) is 0 Å². The number of phenolic OH excluding ortho intramolecular Hbond substituents is 1. The van der Waals surface area contributed by atoms with Gasteiger partial charge in [-0.05, 0) is 48.9 Å². The smallest absolute Gasteiger partial charge is 0.196 e. The molecule has 0 heterocycles. The van der Waals surface area contributed by atoms with E-state index in [9.17, 15) is 9.90 Å². The predicted molar refractivity (Wildman–Crippen MR) is 155 cm³/mol. The molecule has 0 radical (unpaired) electrons.